The van der Waals surface area contributed by atoms with Gasteiger partial charge in [0.2, 0.25) is 0 Å². The van der Waals surface area contributed by atoms with Gasteiger partial charge in [-0.05, 0) is 30.3 Å². The third-order valence-corrected chi connectivity index (χ3v) is 2.89. The summed E-state index contributed by atoms with van der Waals surface area (Å²) in [5.41, 5.74) is -0.487. The van der Waals surface area contributed by atoms with Crippen LogP contribution in [0.2, 0.25) is 15.2 Å². The van der Waals surface area contributed by atoms with Gasteiger partial charge in [-0.1, -0.05) is 34.8 Å². The van der Waals surface area contributed by atoms with Crippen LogP contribution in [-0.4, -0.2) is 4.98 Å². The van der Waals surface area contributed by atoms with Gasteiger partial charge in [-0.3, -0.25) is 0 Å². The number of halogens is 6. The van der Waals surface area contributed by atoms with Gasteiger partial charge in [0.25, 0.3) is 0 Å². The van der Waals surface area contributed by atoms with Gasteiger partial charge in [-0.2, -0.15) is 13.2 Å². The topological polar surface area (TPSA) is 24.9 Å². The summed E-state index contributed by atoms with van der Waals surface area (Å²) < 4.78 is 38.0. The Bertz CT molecular complexity index is 624. The highest BCUT2D eigenvalue weighted by atomic mass is 35.5. The van der Waals surface area contributed by atoms with Crippen molar-refractivity contribution in [2.45, 2.75) is 6.18 Å². The minimum Gasteiger partial charge on any atom is -0.340 e. The smallest absolute Gasteiger partial charge is 0.340 e. The van der Waals surface area contributed by atoms with Crippen LogP contribution in [0.3, 0.4) is 0 Å². The van der Waals surface area contributed by atoms with Crippen LogP contribution in [0.5, 0.6) is 0 Å². The highest BCUT2D eigenvalue weighted by molar-refractivity contribution is 6.35. The van der Waals surface area contributed by atoms with Crippen molar-refractivity contribution in [1.82, 2.24) is 4.98 Å². The first-order valence-electron chi connectivity index (χ1n) is 5.22. The molecule has 0 spiro atoms. The van der Waals surface area contributed by atoms with Crippen molar-refractivity contribution in [1.29, 1.82) is 0 Å². The Morgan fingerprint density at radius 1 is 0.900 bits per heavy atom. The molecule has 0 radical (unpaired) electrons. The molecule has 106 valence electrons. The Labute approximate surface area is 127 Å². The standard InChI is InChI=1S/C12H6Cl3F3N2/c13-7-3-8(14)5-9(4-7)19-11-2-6(12(16,17)18)1-10(15)20-11/h1-5H,(H,19,20). The van der Waals surface area contributed by atoms with Gasteiger partial charge in [-0.15, -0.1) is 0 Å². The number of hydrogen-bond donors (Lipinski definition) is 1. The maximum atomic E-state index is 12.7. The molecule has 1 heterocycles. The Morgan fingerprint density at radius 3 is 2.05 bits per heavy atom. The van der Waals surface area contributed by atoms with E-state index in [-0.39, 0.29) is 11.0 Å². The predicted molar refractivity (Wildman–Crippen MR) is 74.0 cm³/mol. The number of pyridine rings is 1. The average molecular weight is 342 g/mol. The highest BCUT2D eigenvalue weighted by Crippen LogP contribution is 2.33. The van der Waals surface area contributed by atoms with Crippen molar-refractivity contribution in [2.75, 3.05) is 5.32 Å². The molecule has 0 unspecified atom stereocenters. The molecule has 0 aliphatic carbocycles. The van der Waals surface area contributed by atoms with Crippen molar-refractivity contribution in [3.05, 3.63) is 51.1 Å². The SMILES string of the molecule is FC(F)(F)c1cc(Cl)nc(Nc2cc(Cl)cc(Cl)c2)c1. The zero-order valence-electron chi connectivity index (χ0n) is 9.60. The van der Waals surface area contributed by atoms with E-state index >= 15 is 0 Å². The summed E-state index contributed by atoms with van der Waals surface area (Å²) in [5, 5.41) is 3.10. The molecule has 0 atom stereocenters. The summed E-state index contributed by atoms with van der Waals surface area (Å²) in [6.07, 6.45) is -4.50. The maximum Gasteiger partial charge on any atom is 0.416 e. The molecule has 0 aliphatic heterocycles. The Balaban J connectivity index is 2.36. The van der Waals surface area contributed by atoms with Crippen LogP contribution < -0.4 is 5.32 Å². The first-order chi connectivity index (χ1) is 9.24. The van der Waals surface area contributed by atoms with Gasteiger partial charge < -0.3 is 5.32 Å². The first kappa shape index (κ1) is 15.2. The summed E-state index contributed by atoms with van der Waals surface area (Å²) in [6.45, 7) is 0. The first-order valence-corrected chi connectivity index (χ1v) is 6.35. The molecule has 1 N–H and O–H groups in total. The second-order valence-corrected chi connectivity index (χ2v) is 5.10. The summed E-state index contributed by atoms with van der Waals surface area (Å²) in [6, 6.07) is 6.10. The molecule has 2 nitrogen and oxygen atoms in total. The van der Waals surface area contributed by atoms with Crippen LogP contribution in [-0.2, 0) is 6.18 Å². The maximum absolute atomic E-state index is 12.7. The molecule has 1 aromatic carbocycles. The van der Waals surface area contributed by atoms with Gasteiger partial charge in [0.15, 0.2) is 0 Å². The van der Waals surface area contributed by atoms with Crippen molar-refractivity contribution in [3.8, 4) is 0 Å². The number of nitrogens with zero attached hydrogens (tertiary/aromatic N) is 1. The van der Waals surface area contributed by atoms with E-state index in [9.17, 15) is 13.2 Å². The number of hydrogen-bond acceptors (Lipinski definition) is 2. The van der Waals surface area contributed by atoms with Crippen LogP contribution in [0.1, 0.15) is 5.56 Å². The molecule has 20 heavy (non-hydrogen) atoms. The van der Waals surface area contributed by atoms with Crippen LogP contribution in [0.4, 0.5) is 24.7 Å². The van der Waals surface area contributed by atoms with E-state index < -0.39 is 11.7 Å². The van der Waals surface area contributed by atoms with Crippen LogP contribution in [0.25, 0.3) is 0 Å². The Kier molecular flexibility index (Phi) is 4.32. The number of alkyl halides is 3. The fourth-order valence-corrected chi connectivity index (χ4v) is 2.23. The Hall–Kier alpha value is -1.17. The molecule has 0 saturated carbocycles. The van der Waals surface area contributed by atoms with E-state index in [4.69, 9.17) is 34.8 Å². The summed E-state index contributed by atoms with van der Waals surface area (Å²) in [7, 11) is 0. The van der Waals surface area contributed by atoms with E-state index in [1.165, 1.54) is 18.2 Å². The van der Waals surface area contributed by atoms with Crippen molar-refractivity contribution in [2.24, 2.45) is 0 Å². The fraction of sp³-hybridized carbons (Fsp3) is 0.0833. The molecular formula is C12H6Cl3F3N2. The summed E-state index contributed by atoms with van der Waals surface area (Å²) in [4.78, 5) is 3.77. The number of nitrogens with one attached hydrogen (secondary N) is 1. The molecule has 0 saturated heterocycles. The molecule has 2 aromatic rings. The normalized spacial score (nSPS) is 11.5. The van der Waals surface area contributed by atoms with E-state index in [0.29, 0.717) is 15.7 Å². The predicted octanol–water partition coefficient (Wildman–Crippen LogP) is 5.80. The zero-order valence-corrected chi connectivity index (χ0v) is 11.9. The third-order valence-electron chi connectivity index (χ3n) is 2.26. The van der Waals surface area contributed by atoms with Gasteiger partial charge >= 0.3 is 6.18 Å². The van der Waals surface area contributed by atoms with Crippen molar-refractivity contribution in [3.63, 3.8) is 0 Å². The quantitative estimate of drug-likeness (QED) is 0.698. The lowest BCUT2D eigenvalue weighted by Crippen LogP contribution is -2.06. The van der Waals surface area contributed by atoms with E-state index in [1.54, 1.807) is 0 Å². The molecular weight excluding hydrogens is 335 g/mol. The minimum atomic E-state index is -4.50. The average Bonchev–Trinajstić information content (AvgIpc) is 2.25. The Morgan fingerprint density at radius 2 is 1.50 bits per heavy atom. The molecule has 1 aromatic heterocycles. The number of aromatic nitrogens is 1. The fourth-order valence-electron chi connectivity index (χ4n) is 1.50. The van der Waals surface area contributed by atoms with Crippen LogP contribution in [0.15, 0.2) is 30.3 Å². The van der Waals surface area contributed by atoms with Crippen molar-refractivity contribution < 1.29 is 13.2 Å². The summed E-state index contributed by atoms with van der Waals surface area (Å²) >= 11 is 17.2. The van der Waals surface area contributed by atoms with Gasteiger partial charge in [0, 0.05) is 15.7 Å². The lowest BCUT2D eigenvalue weighted by molar-refractivity contribution is -0.137. The number of benzene rings is 1. The molecule has 2 rings (SSSR count). The van der Waals surface area contributed by atoms with Gasteiger partial charge in [0.1, 0.15) is 11.0 Å². The molecule has 0 bridgehead atoms. The van der Waals surface area contributed by atoms with E-state index in [1.807, 2.05) is 0 Å². The number of anilines is 2. The van der Waals surface area contributed by atoms with Crippen molar-refractivity contribution >= 4 is 46.3 Å². The van der Waals surface area contributed by atoms with Crippen LogP contribution >= 0.6 is 34.8 Å². The molecule has 0 fully saturated rings. The lowest BCUT2D eigenvalue weighted by atomic mass is 10.2. The highest BCUT2D eigenvalue weighted by Gasteiger charge is 2.31. The second-order valence-electron chi connectivity index (χ2n) is 3.84. The van der Waals surface area contributed by atoms with Crippen LogP contribution in [0, 0.1) is 0 Å². The number of rotatable bonds is 2. The zero-order chi connectivity index (χ0) is 14.9. The molecule has 0 amide bonds. The van der Waals surface area contributed by atoms with E-state index in [0.717, 1.165) is 12.1 Å². The largest absolute Gasteiger partial charge is 0.416 e. The van der Waals surface area contributed by atoms with E-state index in [2.05, 4.69) is 10.3 Å². The minimum absolute atomic E-state index is 0.0526. The monoisotopic (exact) mass is 340 g/mol. The molecule has 0 aliphatic rings. The summed E-state index contributed by atoms with van der Waals surface area (Å²) in [5.74, 6) is -0.0526. The third kappa shape index (κ3) is 3.91. The lowest BCUT2D eigenvalue weighted by Gasteiger charge is -2.11. The molecule has 8 heteroatoms. The van der Waals surface area contributed by atoms with Gasteiger partial charge in [-0.25, -0.2) is 4.98 Å². The van der Waals surface area contributed by atoms with Gasteiger partial charge in [0.05, 0.1) is 5.56 Å². The second kappa shape index (κ2) is 5.68.